The summed E-state index contributed by atoms with van der Waals surface area (Å²) >= 11 is 0. The maximum atomic E-state index is 15.3. The molecule has 1 aliphatic carbocycles. The molecule has 0 saturated heterocycles. The van der Waals surface area contributed by atoms with Crippen LogP contribution in [0.15, 0.2) is 100 Å². The van der Waals surface area contributed by atoms with E-state index in [1.165, 1.54) is 153 Å². The summed E-state index contributed by atoms with van der Waals surface area (Å²) in [5.41, 5.74) is -9.31. The van der Waals surface area contributed by atoms with Crippen LogP contribution >= 0.6 is 0 Å². The zero-order chi connectivity index (χ0) is 93.6. The Balaban J connectivity index is 0.936. The first-order chi connectivity index (χ1) is 60.5. The molecule has 9 aromatic rings. The highest BCUT2D eigenvalue weighted by Gasteiger charge is 2.45. The number of nitrogens with zero attached hydrogens (tertiary/aromatic N) is 12. The minimum atomic E-state index is -1.99. The van der Waals surface area contributed by atoms with Crippen LogP contribution in [-0.4, -0.2) is 142 Å². The lowest BCUT2D eigenvalue weighted by Gasteiger charge is -2.29. The van der Waals surface area contributed by atoms with Crippen LogP contribution in [-0.2, 0) is 98.9 Å². The zero-order valence-electron chi connectivity index (χ0n) is 73.2. The number of carbonyl (C=O) groups excluding carboxylic acids is 9. The fourth-order valence-corrected chi connectivity index (χ4v) is 13.4. The second kappa shape index (κ2) is 41.1. The maximum absolute atomic E-state index is 15.3. The number of hydrogen-bond donors (Lipinski definition) is 6. The van der Waals surface area contributed by atoms with Crippen molar-refractivity contribution in [3.8, 4) is 17.2 Å². The van der Waals surface area contributed by atoms with Gasteiger partial charge in [0.25, 0.3) is 58.8 Å². The molecule has 5 unspecified atom stereocenters. The first kappa shape index (κ1) is 95.8. The van der Waals surface area contributed by atoms with E-state index in [4.69, 9.17) is 55.9 Å². The Bertz CT molecular complexity index is 5800. The fourth-order valence-electron chi connectivity index (χ4n) is 13.4. The molecule has 6 amide bonds. The van der Waals surface area contributed by atoms with Crippen molar-refractivity contribution in [2.75, 3.05) is 13.7 Å². The lowest BCUT2D eigenvalue weighted by Crippen LogP contribution is -2.53. The van der Waals surface area contributed by atoms with Gasteiger partial charge in [-0.1, -0.05) is 49.7 Å². The minimum Gasteiger partial charge on any atom is -0.446 e. The molecule has 0 radical (unpaired) electrons. The van der Waals surface area contributed by atoms with Crippen LogP contribution in [0.2, 0.25) is 0 Å². The van der Waals surface area contributed by atoms with Gasteiger partial charge in [0.2, 0.25) is 29.4 Å². The number of methoxy groups -OCH3 is 1. The smallest absolute Gasteiger partial charge is 0.446 e. The van der Waals surface area contributed by atoms with E-state index in [0.717, 1.165) is 73.7 Å². The third-order valence-corrected chi connectivity index (χ3v) is 19.8. The first-order valence-corrected chi connectivity index (χ1v) is 40.4. The van der Waals surface area contributed by atoms with Crippen molar-refractivity contribution in [2.45, 2.75) is 203 Å². The van der Waals surface area contributed by atoms with Crippen LogP contribution in [0, 0.1) is 50.1 Å². The van der Waals surface area contributed by atoms with Crippen molar-refractivity contribution in [3.05, 3.63) is 208 Å². The number of aryl methyl sites for hydroxylation is 3. The van der Waals surface area contributed by atoms with E-state index in [0.29, 0.717) is 29.5 Å². The largest absolute Gasteiger partial charge is 0.511 e. The van der Waals surface area contributed by atoms with Gasteiger partial charge in [0.05, 0.1) is 42.2 Å². The normalized spacial score (nSPS) is 13.6. The molecule has 0 aliphatic heterocycles. The summed E-state index contributed by atoms with van der Waals surface area (Å²) in [6.45, 7) is 16.6. The van der Waals surface area contributed by atoms with Gasteiger partial charge < -0.3 is 87.8 Å². The van der Waals surface area contributed by atoms with Gasteiger partial charge in [-0.25, -0.2) is 42.5 Å². The summed E-state index contributed by atoms with van der Waals surface area (Å²) in [5, 5.41) is 32.2. The van der Waals surface area contributed by atoms with E-state index < -0.39 is 207 Å². The summed E-state index contributed by atoms with van der Waals surface area (Å²) in [6, 6.07) is 15.3. The van der Waals surface area contributed by atoms with Crippen LogP contribution < -0.4 is 72.2 Å². The van der Waals surface area contributed by atoms with Gasteiger partial charge in [-0.2, -0.15) is 0 Å². The molecule has 1 aliphatic rings. The van der Waals surface area contributed by atoms with Crippen LogP contribution in [0.5, 0.6) is 17.2 Å². The summed E-state index contributed by atoms with van der Waals surface area (Å²) < 4.78 is 115. The summed E-state index contributed by atoms with van der Waals surface area (Å²) in [7, 11) is 4.69. The van der Waals surface area contributed by atoms with Gasteiger partial charge in [0, 0.05) is 78.2 Å². The monoisotopic (exact) mass is 1790 g/mol. The number of halogens is 3. The number of carbonyl (C=O) groups is 9. The first-order valence-electron chi connectivity index (χ1n) is 40.4. The van der Waals surface area contributed by atoms with E-state index in [1.807, 2.05) is 0 Å². The van der Waals surface area contributed by atoms with Crippen LogP contribution in [0.1, 0.15) is 223 Å². The second-order valence-corrected chi connectivity index (χ2v) is 31.4. The SMILES string of the molecule is CCOC(=O)OC(Oc1c(C(=O)NCc2ccc(F)cc2)nc(C(C)(C)NC(=O)c2oc(C)n[n+]2CC(C)C(OC(=O)OC)Oc2c(C(=O)NCc3ccc(F)cc3)nc(C(C)(C)NC(=O)c3nnc(C)o3)n(C)c2=O)n(C)c1=O)C(C)C[n+]1nc(C)oc1C(=O)NC(C)(C)c1nc(C(=O)NCc2ccc(F)cc2)c(OC(CC)OC(=O)OC2CCCCC2)c(=O)n1C. The number of aromatic nitrogens is 12. The fraction of sp³-hybridized carbons (Fsp3) is 0.458. The third-order valence-electron chi connectivity index (χ3n) is 19.8. The van der Waals surface area contributed by atoms with Gasteiger partial charge in [-0.3, -0.25) is 56.9 Å². The average Bonchev–Trinajstić information content (AvgIpc) is 1.00. The predicted molar refractivity (Wildman–Crippen MR) is 432 cm³/mol. The Morgan fingerprint density at radius 3 is 1.20 bits per heavy atom. The van der Waals surface area contributed by atoms with Gasteiger partial charge in [0.1, 0.15) is 41.0 Å². The Kier molecular flexibility index (Phi) is 30.8. The van der Waals surface area contributed by atoms with Crippen molar-refractivity contribution in [1.82, 2.24) is 80.9 Å². The highest BCUT2D eigenvalue weighted by atomic mass is 19.1. The molecule has 10 rings (SSSR count). The van der Waals surface area contributed by atoms with Crippen molar-refractivity contribution < 1.29 is 122 Å². The molecular weight excluding hydrogens is 1690 g/mol. The zero-order valence-corrected chi connectivity index (χ0v) is 73.2. The van der Waals surface area contributed by atoms with Gasteiger partial charge in [-0.15, -0.1) is 10.2 Å². The Morgan fingerprint density at radius 2 is 0.852 bits per heavy atom. The molecule has 1 fully saturated rings. The molecule has 6 N–H and O–H groups in total. The molecule has 6 heterocycles. The molecule has 1 saturated carbocycles. The predicted octanol–water partition coefficient (Wildman–Crippen LogP) is 6.67. The Labute approximate surface area is 728 Å². The Morgan fingerprint density at radius 1 is 0.484 bits per heavy atom. The molecule has 128 heavy (non-hydrogen) atoms. The number of amides is 6. The lowest BCUT2D eigenvalue weighted by molar-refractivity contribution is -0.762. The molecule has 42 nitrogen and oxygen atoms in total. The van der Waals surface area contributed by atoms with E-state index in [2.05, 4.69) is 67.2 Å². The van der Waals surface area contributed by atoms with Gasteiger partial charge in [0.15, 0.2) is 30.2 Å². The minimum absolute atomic E-state index is 0.0358. The molecule has 6 aromatic heterocycles. The van der Waals surface area contributed by atoms with Crippen LogP contribution in [0.4, 0.5) is 27.6 Å². The number of rotatable bonds is 36. The quantitative estimate of drug-likeness (QED) is 0.0103. The summed E-state index contributed by atoms with van der Waals surface area (Å²) in [5.74, 6) is -15.2. The highest BCUT2D eigenvalue weighted by Crippen LogP contribution is 2.30. The van der Waals surface area contributed by atoms with Crippen molar-refractivity contribution in [1.29, 1.82) is 0 Å². The molecule has 684 valence electrons. The molecule has 0 bridgehead atoms. The molecule has 3 aromatic carbocycles. The van der Waals surface area contributed by atoms with E-state index in [-0.39, 0.29) is 67.8 Å². The van der Waals surface area contributed by atoms with E-state index >= 15 is 4.79 Å². The highest BCUT2D eigenvalue weighted by molar-refractivity contribution is 5.96. The third kappa shape index (κ3) is 23.8. The summed E-state index contributed by atoms with van der Waals surface area (Å²) in [6.07, 6.45) is -5.72. The van der Waals surface area contributed by atoms with Crippen LogP contribution in [0.3, 0.4) is 0 Å². The maximum Gasteiger partial charge on any atom is 0.511 e. The van der Waals surface area contributed by atoms with Crippen molar-refractivity contribution in [3.63, 3.8) is 0 Å². The van der Waals surface area contributed by atoms with Crippen molar-refractivity contribution in [2.24, 2.45) is 33.0 Å². The molecule has 45 heteroatoms. The number of benzene rings is 3. The van der Waals surface area contributed by atoms with E-state index in [9.17, 15) is 65.9 Å². The van der Waals surface area contributed by atoms with Gasteiger partial charge >= 0.3 is 53.9 Å². The van der Waals surface area contributed by atoms with Crippen LogP contribution in [0.25, 0.3) is 0 Å². The average molecular weight is 1790 g/mol. The Hall–Kier alpha value is -14.5. The molecule has 0 spiro atoms. The molecular formula is C83H99F3N18O24+2. The second-order valence-electron chi connectivity index (χ2n) is 31.4. The number of nitrogens with one attached hydrogen (secondary N) is 6. The number of hydrogen-bond acceptors (Lipinski definition) is 31. The lowest BCUT2D eigenvalue weighted by atomic mass is 9.98. The standard InChI is InChI=1S/C83H97F3N18O24/c1-18-54(124-80(116)122-53-23-21-20-22-24-53)123-58-55(61(105)87-37-47-25-31-50(84)32-26-47)90-76(100(14)68(58)111)82(10,11)94-66(110)72-104(99-46(7)121-72)41-43(4)74(128-79(115)118-19-2)126-60-57(63(107)89-39-49-29-35-52(86)36-30-49)92-77(102(16)70(60)113)83(12,13)95-65(109)71-103(98-45(6)120-71)40-42(3)73(127-78(114)117-17)125-59-56(62(106)88-38-48-27-33-51(85)34-28-48)91-75(101(15)69(59)112)81(8,9)93-64(108)67-97-96-44(5)119-67/h25-36,42-43,53-54,73-74H,18-24,37-41H2,1-17H3,(H4-2,87,88,89,93,94,95,105,106,107,108,109,110)/p+2. The van der Waals surface area contributed by atoms with Gasteiger partial charge in [-0.05, 0) is 150 Å². The van der Waals surface area contributed by atoms with E-state index in [1.54, 1.807) is 6.92 Å². The number of ether oxygens (including phenoxy) is 9. The van der Waals surface area contributed by atoms with Crippen molar-refractivity contribution >= 4 is 53.9 Å². The topological polar surface area (TPSA) is 512 Å². The summed E-state index contributed by atoms with van der Waals surface area (Å²) in [4.78, 5) is 185. The molecule has 5 atom stereocenters.